The lowest BCUT2D eigenvalue weighted by Crippen LogP contribution is -2.43. The number of hydrogen-bond donors (Lipinski definition) is 1. The van der Waals surface area contributed by atoms with Crippen LogP contribution in [0, 0.1) is 5.92 Å². The molecule has 2 N–H and O–H groups in total. The molecule has 0 radical (unpaired) electrons. The van der Waals surface area contributed by atoms with E-state index >= 15 is 0 Å². The van der Waals surface area contributed by atoms with Crippen molar-refractivity contribution in [3.05, 3.63) is 40.9 Å². The summed E-state index contributed by atoms with van der Waals surface area (Å²) >= 11 is 0. The van der Waals surface area contributed by atoms with Crippen molar-refractivity contribution in [2.24, 2.45) is 11.7 Å². The van der Waals surface area contributed by atoms with Gasteiger partial charge in [0.2, 0.25) is 18.6 Å². The predicted octanol–water partition coefficient (Wildman–Crippen LogP) is 0.363. The number of ether oxygens (including phenoxy) is 2. The zero-order valence-corrected chi connectivity index (χ0v) is 15.2. The predicted molar refractivity (Wildman–Crippen MR) is 98.6 cm³/mol. The standard InChI is InChI=1S/C19H20N4O5/c20-19(26)12-3-5-22(6-4-12)18(25)9-23-10-21-14(8-17(23)24)13-1-2-15-16(7-13)28-11-27-15/h1-2,7-8,10,12H,3-6,9,11H2,(H2,20,26). The molecule has 0 atom stereocenters. The van der Waals surface area contributed by atoms with Crippen molar-refractivity contribution in [2.75, 3.05) is 19.9 Å². The van der Waals surface area contributed by atoms with Gasteiger partial charge in [-0.15, -0.1) is 0 Å². The number of nitrogens with two attached hydrogens (primary N) is 1. The summed E-state index contributed by atoms with van der Waals surface area (Å²) in [5.74, 6) is 0.574. The van der Waals surface area contributed by atoms with Crippen molar-refractivity contribution in [1.82, 2.24) is 14.5 Å². The minimum atomic E-state index is -0.327. The molecule has 0 aliphatic carbocycles. The molecule has 28 heavy (non-hydrogen) atoms. The largest absolute Gasteiger partial charge is 0.454 e. The van der Waals surface area contributed by atoms with Gasteiger partial charge in [-0.05, 0) is 31.0 Å². The second-order valence-electron chi connectivity index (χ2n) is 6.87. The van der Waals surface area contributed by atoms with Gasteiger partial charge in [0, 0.05) is 30.6 Å². The summed E-state index contributed by atoms with van der Waals surface area (Å²) in [5, 5.41) is 0. The molecule has 9 nitrogen and oxygen atoms in total. The fourth-order valence-corrected chi connectivity index (χ4v) is 3.42. The fourth-order valence-electron chi connectivity index (χ4n) is 3.42. The molecular weight excluding hydrogens is 364 g/mol. The Morgan fingerprint density at radius 1 is 1.14 bits per heavy atom. The Balaban J connectivity index is 1.44. The Morgan fingerprint density at radius 2 is 1.89 bits per heavy atom. The van der Waals surface area contributed by atoms with Crippen LogP contribution >= 0.6 is 0 Å². The topological polar surface area (TPSA) is 117 Å². The molecule has 0 spiro atoms. The first-order valence-corrected chi connectivity index (χ1v) is 9.05. The van der Waals surface area contributed by atoms with E-state index in [0.717, 1.165) is 5.56 Å². The zero-order chi connectivity index (χ0) is 19.7. The molecule has 0 unspecified atom stereocenters. The molecule has 3 heterocycles. The van der Waals surface area contributed by atoms with Crippen LogP contribution < -0.4 is 20.8 Å². The monoisotopic (exact) mass is 384 g/mol. The van der Waals surface area contributed by atoms with Crippen molar-refractivity contribution in [2.45, 2.75) is 19.4 Å². The molecule has 2 amide bonds. The maximum atomic E-state index is 12.5. The summed E-state index contributed by atoms with van der Waals surface area (Å²) in [4.78, 5) is 42.1. The molecule has 2 aromatic rings. The van der Waals surface area contributed by atoms with Crippen LogP contribution in [0.5, 0.6) is 11.5 Å². The van der Waals surface area contributed by atoms with Crippen molar-refractivity contribution < 1.29 is 19.1 Å². The highest BCUT2D eigenvalue weighted by Crippen LogP contribution is 2.35. The summed E-state index contributed by atoms with van der Waals surface area (Å²) < 4.78 is 11.9. The van der Waals surface area contributed by atoms with E-state index < -0.39 is 0 Å². The fraction of sp³-hybridized carbons (Fsp3) is 0.368. The number of carbonyl (C=O) groups is 2. The molecular formula is C19H20N4O5. The Hall–Kier alpha value is -3.36. The smallest absolute Gasteiger partial charge is 0.254 e. The van der Waals surface area contributed by atoms with E-state index in [-0.39, 0.29) is 36.6 Å². The molecule has 1 aromatic carbocycles. The van der Waals surface area contributed by atoms with Crippen LogP contribution in [0.2, 0.25) is 0 Å². The molecule has 0 saturated carbocycles. The van der Waals surface area contributed by atoms with Crippen molar-refractivity contribution in [3.8, 4) is 22.8 Å². The van der Waals surface area contributed by atoms with Crippen LogP contribution in [0.3, 0.4) is 0 Å². The number of aromatic nitrogens is 2. The Kier molecular flexibility index (Phi) is 4.72. The van der Waals surface area contributed by atoms with Crippen LogP contribution in [0.25, 0.3) is 11.3 Å². The van der Waals surface area contributed by atoms with Crippen LogP contribution in [-0.2, 0) is 16.1 Å². The van der Waals surface area contributed by atoms with Gasteiger partial charge in [-0.3, -0.25) is 19.0 Å². The maximum absolute atomic E-state index is 12.5. The quantitative estimate of drug-likeness (QED) is 0.814. The lowest BCUT2D eigenvalue weighted by atomic mass is 9.96. The van der Waals surface area contributed by atoms with Crippen LogP contribution in [0.4, 0.5) is 0 Å². The summed E-state index contributed by atoms with van der Waals surface area (Å²) in [6, 6.07) is 6.73. The highest BCUT2D eigenvalue weighted by molar-refractivity contribution is 5.78. The summed E-state index contributed by atoms with van der Waals surface area (Å²) in [6.07, 6.45) is 2.48. The van der Waals surface area contributed by atoms with Crippen molar-refractivity contribution in [1.29, 1.82) is 0 Å². The minimum absolute atomic E-state index is 0.0888. The number of nitrogens with zero attached hydrogens (tertiary/aromatic N) is 3. The van der Waals surface area contributed by atoms with Crippen LogP contribution in [0.1, 0.15) is 12.8 Å². The third-order valence-electron chi connectivity index (χ3n) is 5.10. The van der Waals surface area contributed by atoms with E-state index in [1.165, 1.54) is 17.0 Å². The number of amides is 2. The van der Waals surface area contributed by atoms with Gasteiger partial charge in [-0.2, -0.15) is 0 Å². The molecule has 1 saturated heterocycles. The number of benzene rings is 1. The Morgan fingerprint density at radius 3 is 2.61 bits per heavy atom. The molecule has 0 bridgehead atoms. The molecule has 1 fully saturated rings. The number of carbonyl (C=O) groups excluding carboxylic acids is 2. The lowest BCUT2D eigenvalue weighted by molar-refractivity contribution is -0.135. The Bertz CT molecular complexity index is 979. The number of rotatable bonds is 4. The highest BCUT2D eigenvalue weighted by Gasteiger charge is 2.26. The number of likely N-dealkylation sites (tertiary alicyclic amines) is 1. The lowest BCUT2D eigenvalue weighted by Gasteiger charge is -2.30. The zero-order valence-electron chi connectivity index (χ0n) is 15.2. The van der Waals surface area contributed by atoms with E-state index in [4.69, 9.17) is 15.2 Å². The summed E-state index contributed by atoms with van der Waals surface area (Å²) in [7, 11) is 0. The van der Waals surface area contributed by atoms with Gasteiger partial charge in [-0.25, -0.2) is 4.98 Å². The van der Waals surface area contributed by atoms with Crippen LogP contribution in [0.15, 0.2) is 35.4 Å². The van der Waals surface area contributed by atoms with E-state index in [2.05, 4.69) is 4.98 Å². The van der Waals surface area contributed by atoms with E-state index in [9.17, 15) is 14.4 Å². The molecule has 1 aromatic heterocycles. The normalized spacial score (nSPS) is 16.2. The minimum Gasteiger partial charge on any atom is -0.454 e. The first-order chi connectivity index (χ1) is 13.5. The maximum Gasteiger partial charge on any atom is 0.254 e. The first-order valence-electron chi connectivity index (χ1n) is 9.05. The number of piperidine rings is 1. The number of primary amides is 1. The third-order valence-corrected chi connectivity index (χ3v) is 5.10. The SMILES string of the molecule is NC(=O)C1CCN(C(=O)Cn2cnc(-c3ccc4c(c3)OCO4)cc2=O)CC1. The van der Waals surface area contributed by atoms with Crippen molar-refractivity contribution >= 4 is 11.8 Å². The van der Waals surface area contributed by atoms with Crippen molar-refractivity contribution in [3.63, 3.8) is 0 Å². The Labute approximate surface area is 160 Å². The third kappa shape index (κ3) is 3.55. The van der Waals surface area contributed by atoms with Gasteiger partial charge in [0.1, 0.15) is 6.54 Å². The molecule has 4 rings (SSSR count). The molecule has 2 aliphatic heterocycles. The van der Waals surface area contributed by atoms with Gasteiger partial charge in [-0.1, -0.05) is 0 Å². The van der Waals surface area contributed by atoms with Crippen LogP contribution in [-0.4, -0.2) is 46.1 Å². The van der Waals surface area contributed by atoms with E-state index in [1.807, 2.05) is 0 Å². The average Bonchev–Trinajstić information content (AvgIpc) is 3.17. The van der Waals surface area contributed by atoms with Gasteiger partial charge in [0.15, 0.2) is 11.5 Å². The number of hydrogen-bond acceptors (Lipinski definition) is 6. The van der Waals surface area contributed by atoms with Gasteiger partial charge in [0.25, 0.3) is 5.56 Å². The second kappa shape index (κ2) is 7.34. The van der Waals surface area contributed by atoms with Gasteiger partial charge < -0.3 is 20.1 Å². The first kappa shape index (κ1) is 18.0. The summed E-state index contributed by atoms with van der Waals surface area (Å²) in [5.41, 5.74) is 6.22. The van der Waals surface area contributed by atoms with E-state index in [0.29, 0.717) is 43.1 Å². The van der Waals surface area contributed by atoms with Gasteiger partial charge >= 0.3 is 0 Å². The molecule has 2 aliphatic rings. The second-order valence-corrected chi connectivity index (χ2v) is 6.87. The average molecular weight is 384 g/mol. The van der Waals surface area contributed by atoms with E-state index in [1.54, 1.807) is 23.1 Å². The molecule has 146 valence electrons. The summed E-state index contributed by atoms with van der Waals surface area (Å²) in [6.45, 7) is 1.01. The highest BCUT2D eigenvalue weighted by atomic mass is 16.7. The van der Waals surface area contributed by atoms with Gasteiger partial charge in [0.05, 0.1) is 12.0 Å². The number of fused-ring (bicyclic) bond motifs is 1. The molecule has 9 heteroatoms.